The molecule has 0 atom stereocenters. The minimum absolute atomic E-state index is 0.389. The summed E-state index contributed by atoms with van der Waals surface area (Å²) >= 11 is 0. The number of benzene rings is 2. The number of nitrogens with one attached hydrogen (secondary N) is 1. The van der Waals surface area contributed by atoms with Crippen LogP contribution in [-0.2, 0) is 4.74 Å². The van der Waals surface area contributed by atoms with Gasteiger partial charge in [0.25, 0.3) is 0 Å². The fraction of sp³-hybridized carbons (Fsp3) is 0.286. The van der Waals surface area contributed by atoms with Gasteiger partial charge in [0, 0.05) is 23.2 Å². The normalized spacial score (nSPS) is 11.3. The standard InChI is InChI=1S/C28H31N5O5/c1-28(2,3)38-27(35)30-14-5-15-37-23-12-10-20(16-24(23)36-4)22-17-31-25-13-11-21(32-33(22)25)18-6-8-19(9-7-18)26(29)34/h6-13,16-17H,5,14-15H2,1-4H3,(H2,29,34)(H,30,35). The van der Waals surface area contributed by atoms with Crippen molar-refractivity contribution < 1.29 is 23.8 Å². The first-order valence-electron chi connectivity index (χ1n) is 12.2. The number of carbonyl (C=O) groups is 2. The molecule has 4 rings (SSSR count). The highest BCUT2D eigenvalue weighted by molar-refractivity contribution is 5.93. The first kappa shape index (κ1) is 26.5. The third kappa shape index (κ3) is 6.39. The lowest BCUT2D eigenvalue weighted by molar-refractivity contribution is 0.0525. The van der Waals surface area contributed by atoms with Crippen molar-refractivity contribution in [2.75, 3.05) is 20.3 Å². The minimum Gasteiger partial charge on any atom is -0.493 e. The van der Waals surface area contributed by atoms with Gasteiger partial charge in [0.05, 0.1) is 31.3 Å². The second-order valence-electron chi connectivity index (χ2n) is 9.57. The Morgan fingerprint density at radius 3 is 2.42 bits per heavy atom. The predicted molar refractivity (Wildman–Crippen MR) is 143 cm³/mol. The molecule has 3 N–H and O–H groups in total. The van der Waals surface area contributed by atoms with E-state index in [1.165, 1.54) is 0 Å². The number of imidazole rings is 1. The van der Waals surface area contributed by atoms with E-state index in [0.29, 0.717) is 42.3 Å². The molecule has 0 aliphatic carbocycles. The van der Waals surface area contributed by atoms with Crippen LogP contribution in [0.1, 0.15) is 37.6 Å². The van der Waals surface area contributed by atoms with Crippen LogP contribution in [0, 0.1) is 0 Å². The van der Waals surface area contributed by atoms with Crippen LogP contribution in [0.5, 0.6) is 11.5 Å². The number of nitrogens with zero attached hydrogens (tertiary/aromatic N) is 3. The maximum absolute atomic E-state index is 11.8. The smallest absolute Gasteiger partial charge is 0.407 e. The Bertz CT molecular complexity index is 1440. The Labute approximate surface area is 220 Å². The highest BCUT2D eigenvalue weighted by atomic mass is 16.6. The van der Waals surface area contributed by atoms with Crippen LogP contribution in [0.25, 0.3) is 28.2 Å². The third-order valence-electron chi connectivity index (χ3n) is 5.53. The lowest BCUT2D eigenvalue weighted by atomic mass is 10.1. The first-order valence-corrected chi connectivity index (χ1v) is 12.2. The number of amides is 2. The molecule has 0 saturated carbocycles. The maximum Gasteiger partial charge on any atom is 0.407 e. The Morgan fingerprint density at radius 1 is 1.00 bits per heavy atom. The Kier molecular flexibility index (Phi) is 7.80. The molecule has 0 bridgehead atoms. The van der Waals surface area contributed by atoms with Crippen LogP contribution in [-0.4, -0.2) is 52.5 Å². The summed E-state index contributed by atoms with van der Waals surface area (Å²) in [6, 6.07) is 16.3. The van der Waals surface area contributed by atoms with E-state index in [1.54, 1.807) is 30.0 Å². The molecule has 0 radical (unpaired) electrons. The average Bonchev–Trinajstić information content (AvgIpc) is 3.31. The zero-order valence-electron chi connectivity index (χ0n) is 21.9. The molecule has 38 heavy (non-hydrogen) atoms. The van der Waals surface area contributed by atoms with Gasteiger partial charge in [-0.05, 0) is 69.7 Å². The number of fused-ring (bicyclic) bond motifs is 1. The summed E-state index contributed by atoms with van der Waals surface area (Å²) in [4.78, 5) is 27.6. The van der Waals surface area contributed by atoms with Crippen LogP contribution in [0.15, 0.2) is 60.8 Å². The summed E-state index contributed by atoms with van der Waals surface area (Å²) in [7, 11) is 1.58. The van der Waals surface area contributed by atoms with Crippen molar-refractivity contribution in [1.82, 2.24) is 19.9 Å². The number of ether oxygens (including phenoxy) is 3. The summed E-state index contributed by atoms with van der Waals surface area (Å²) in [5.41, 5.74) is 9.13. The SMILES string of the molecule is COc1cc(-c2cnc3ccc(-c4ccc(C(N)=O)cc4)nn23)ccc1OCCCNC(=O)OC(C)(C)C. The molecule has 0 saturated heterocycles. The van der Waals surface area contributed by atoms with Gasteiger partial charge in [-0.15, -0.1) is 0 Å². The number of hydrogen-bond acceptors (Lipinski definition) is 7. The van der Waals surface area contributed by atoms with E-state index < -0.39 is 17.6 Å². The number of aromatic nitrogens is 3. The van der Waals surface area contributed by atoms with Crippen molar-refractivity contribution in [3.8, 4) is 34.0 Å². The average molecular weight is 518 g/mol. The zero-order valence-corrected chi connectivity index (χ0v) is 21.9. The lowest BCUT2D eigenvalue weighted by Crippen LogP contribution is -2.33. The molecule has 0 aliphatic heterocycles. The van der Waals surface area contributed by atoms with Crippen LogP contribution in [0.2, 0.25) is 0 Å². The van der Waals surface area contributed by atoms with Crippen LogP contribution in [0.3, 0.4) is 0 Å². The highest BCUT2D eigenvalue weighted by Gasteiger charge is 2.16. The number of nitrogens with two attached hydrogens (primary N) is 1. The van der Waals surface area contributed by atoms with Crippen LogP contribution < -0.4 is 20.5 Å². The van der Waals surface area contributed by atoms with Gasteiger partial charge in [0.15, 0.2) is 17.1 Å². The maximum atomic E-state index is 11.8. The predicted octanol–water partition coefficient (Wildman–Crippen LogP) is 4.46. The molecule has 2 aromatic carbocycles. The largest absolute Gasteiger partial charge is 0.493 e. The monoisotopic (exact) mass is 517 g/mol. The first-order chi connectivity index (χ1) is 18.1. The number of methoxy groups -OCH3 is 1. The van der Waals surface area contributed by atoms with Crippen molar-refractivity contribution in [3.63, 3.8) is 0 Å². The molecule has 0 fully saturated rings. The number of alkyl carbamates (subject to hydrolysis) is 1. The molecular formula is C28H31N5O5. The topological polar surface area (TPSA) is 130 Å². The summed E-state index contributed by atoms with van der Waals surface area (Å²) in [5.74, 6) is 0.678. The van der Waals surface area contributed by atoms with E-state index in [2.05, 4.69) is 10.3 Å². The second kappa shape index (κ2) is 11.2. The summed E-state index contributed by atoms with van der Waals surface area (Å²) in [5, 5.41) is 7.47. The molecule has 4 aromatic rings. The summed E-state index contributed by atoms with van der Waals surface area (Å²) in [6.07, 6.45) is 1.90. The molecule has 0 spiro atoms. The van der Waals surface area contributed by atoms with Crippen molar-refractivity contribution >= 4 is 17.6 Å². The van der Waals surface area contributed by atoms with E-state index in [4.69, 9.17) is 25.0 Å². The number of primary amides is 1. The molecular weight excluding hydrogens is 486 g/mol. The van der Waals surface area contributed by atoms with Gasteiger partial charge in [0.1, 0.15) is 5.60 Å². The van der Waals surface area contributed by atoms with E-state index in [1.807, 2.05) is 63.2 Å². The van der Waals surface area contributed by atoms with Gasteiger partial charge in [-0.2, -0.15) is 5.10 Å². The molecule has 2 amide bonds. The third-order valence-corrected chi connectivity index (χ3v) is 5.53. The number of hydrogen-bond donors (Lipinski definition) is 2. The van der Waals surface area contributed by atoms with Crippen LogP contribution >= 0.6 is 0 Å². The van der Waals surface area contributed by atoms with E-state index in [9.17, 15) is 9.59 Å². The van der Waals surface area contributed by atoms with Gasteiger partial charge < -0.3 is 25.3 Å². The number of carbonyl (C=O) groups excluding carboxylic acids is 2. The van der Waals surface area contributed by atoms with Crippen molar-refractivity contribution in [3.05, 3.63) is 66.4 Å². The molecule has 0 unspecified atom stereocenters. The second-order valence-corrected chi connectivity index (χ2v) is 9.57. The minimum atomic E-state index is -0.536. The van der Waals surface area contributed by atoms with E-state index in [0.717, 1.165) is 22.5 Å². The Morgan fingerprint density at radius 2 is 1.74 bits per heavy atom. The van der Waals surface area contributed by atoms with Crippen LogP contribution in [0.4, 0.5) is 4.79 Å². The van der Waals surface area contributed by atoms with Crippen molar-refractivity contribution in [2.24, 2.45) is 5.73 Å². The van der Waals surface area contributed by atoms with Gasteiger partial charge in [0.2, 0.25) is 5.91 Å². The fourth-order valence-electron chi connectivity index (χ4n) is 3.73. The fourth-order valence-corrected chi connectivity index (χ4v) is 3.73. The molecule has 2 heterocycles. The van der Waals surface area contributed by atoms with Gasteiger partial charge in [-0.1, -0.05) is 12.1 Å². The Hall–Kier alpha value is -4.60. The Balaban J connectivity index is 1.46. The van der Waals surface area contributed by atoms with Gasteiger partial charge >= 0.3 is 6.09 Å². The van der Waals surface area contributed by atoms with E-state index >= 15 is 0 Å². The molecule has 10 heteroatoms. The highest BCUT2D eigenvalue weighted by Crippen LogP contribution is 2.33. The quantitative estimate of drug-likeness (QED) is 0.313. The molecule has 198 valence electrons. The lowest BCUT2D eigenvalue weighted by Gasteiger charge is -2.19. The zero-order chi connectivity index (χ0) is 27.3. The van der Waals surface area contributed by atoms with Crippen molar-refractivity contribution in [1.29, 1.82) is 0 Å². The van der Waals surface area contributed by atoms with Gasteiger partial charge in [-0.3, -0.25) is 4.79 Å². The molecule has 0 aliphatic rings. The summed E-state index contributed by atoms with van der Waals surface area (Å²) < 4.78 is 18.4. The molecule has 10 nitrogen and oxygen atoms in total. The molecule has 2 aromatic heterocycles. The van der Waals surface area contributed by atoms with Gasteiger partial charge in [-0.25, -0.2) is 14.3 Å². The summed E-state index contributed by atoms with van der Waals surface area (Å²) in [6.45, 7) is 6.27. The number of rotatable bonds is 9. The van der Waals surface area contributed by atoms with E-state index in [-0.39, 0.29) is 0 Å². The van der Waals surface area contributed by atoms with Crippen molar-refractivity contribution in [2.45, 2.75) is 32.8 Å².